The summed E-state index contributed by atoms with van der Waals surface area (Å²) < 4.78 is 0. The highest BCUT2D eigenvalue weighted by atomic mass is 35.5. The van der Waals surface area contributed by atoms with Crippen molar-refractivity contribution < 1.29 is 14.4 Å². The number of carbonyl (C=O) groups excluding carboxylic acids is 3. The molecular formula is C24H24ClN3O3. The summed E-state index contributed by atoms with van der Waals surface area (Å²) in [5.41, 5.74) is 2.01. The van der Waals surface area contributed by atoms with E-state index in [4.69, 9.17) is 11.6 Å². The fraction of sp³-hybridized carbons (Fsp3) is 0.292. The van der Waals surface area contributed by atoms with Gasteiger partial charge in [-0.2, -0.15) is 0 Å². The lowest BCUT2D eigenvalue weighted by Crippen LogP contribution is -2.36. The number of rotatable bonds is 6. The van der Waals surface area contributed by atoms with Gasteiger partial charge >= 0.3 is 0 Å². The Kier molecular flexibility index (Phi) is 6.37. The van der Waals surface area contributed by atoms with E-state index in [-0.39, 0.29) is 29.2 Å². The van der Waals surface area contributed by atoms with Crippen LogP contribution in [0.15, 0.2) is 65.3 Å². The zero-order chi connectivity index (χ0) is 21.8. The SMILES string of the molecule is O=C(NC1CCCCC1)c1ccc(NC2=C(Cl)C(=O)N(Cc3ccccc3)C2=O)cc1. The molecule has 4 rings (SSSR count). The van der Waals surface area contributed by atoms with E-state index in [0.29, 0.717) is 11.3 Å². The summed E-state index contributed by atoms with van der Waals surface area (Å²) in [5, 5.41) is 5.88. The van der Waals surface area contributed by atoms with Gasteiger partial charge in [-0.3, -0.25) is 19.3 Å². The van der Waals surface area contributed by atoms with Crippen molar-refractivity contribution in [2.75, 3.05) is 5.32 Å². The number of hydrogen-bond acceptors (Lipinski definition) is 4. The van der Waals surface area contributed by atoms with Crippen molar-refractivity contribution in [2.24, 2.45) is 0 Å². The van der Waals surface area contributed by atoms with Gasteiger partial charge in [0.15, 0.2) is 0 Å². The molecule has 1 aliphatic heterocycles. The average Bonchev–Trinajstić information content (AvgIpc) is 2.99. The van der Waals surface area contributed by atoms with E-state index < -0.39 is 11.8 Å². The summed E-state index contributed by atoms with van der Waals surface area (Å²) in [7, 11) is 0. The third-order valence-electron chi connectivity index (χ3n) is 5.65. The summed E-state index contributed by atoms with van der Waals surface area (Å²) in [6, 6.07) is 16.3. The van der Waals surface area contributed by atoms with Crippen molar-refractivity contribution in [3.05, 3.63) is 76.5 Å². The molecule has 0 unspecified atom stereocenters. The Morgan fingerprint density at radius 1 is 0.935 bits per heavy atom. The lowest BCUT2D eigenvalue weighted by Gasteiger charge is -2.22. The predicted octanol–water partition coefficient (Wildman–Crippen LogP) is 4.18. The fourth-order valence-electron chi connectivity index (χ4n) is 3.93. The van der Waals surface area contributed by atoms with Gasteiger partial charge in [0.1, 0.15) is 10.7 Å². The number of nitrogens with zero attached hydrogens (tertiary/aromatic N) is 1. The van der Waals surface area contributed by atoms with Crippen LogP contribution in [-0.4, -0.2) is 28.7 Å². The lowest BCUT2D eigenvalue weighted by atomic mass is 9.95. The van der Waals surface area contributed by atoms with Crippen molar-refractivity contribution in [1.29, 1.82) is 0 Å². The molecule has 1 heterocycles. The summed E-state index contributed by atoms with van der Waals surface area (Å²) in [5.74, 6) is -1.10. The first-order valence-electron chi connectivity index (χ1n) is 10.5. The third-order valence-corrected chi connectivity index (χ3v) is 6.00. The highest BCUT2D eigenvalue weighted by molar-refractivity contribution is 6.48. The van der Waals surface area contributed by atoms with E-state index in [1.165, 1.54) is 6.42 Å². The van der Waals surface area contributed by atoms with Gasteiger partial charge < -0.3 is 10.6 Å². The molecule has 0 saturated heterocycles. The van der Waals surface area contributed by atoms with Gasteiger partial charge in [0, 0.05) is 17.3 Å². The zero-order valence-electron chi connectivity index (χ0n) is 17.1. The van der Waals surface area contributed by atoms with Crippen LogP contribution in [0.2, 0.25) is 0 Å². The molecular weight excluding hydrogens is 414 g/mol. The Labute approximate surface area is 186 Å². The molecule has 3 amide bonds. The highest BCUT2D eigenvalue weighted by Gasteiger charge is 2.37. The van der Waals surface area contributed by atoms with Gasteiger partial charge in [0.2, 0.25) is 0 Å². The monoisotopic (exact) mass is 437 g/mol. The highest BCUT2D eigenvalue weighted by Crippen LogP contribution is 2.27. The number of halogens is 1. The van der Waals surface area contributed by atoms with Crippen LogP contribution >= 0.6 is 11.6 Å². The molecule has 1 saturated carbocycles. The first-order chi connectivity index (χ1) is 15.0. The van der Waals surface area contributed by atoms with Crippen LogP contribution in [0.1, 0.15) is 48.0 Å². The second-order valence-electron chi connectivity index (χ2n) is 7.88. The van der Waals surface area contributed by atoms with Gasteiger partial charge in [0.05, 0.1) is 6.54 Å². The topological polar surface area (TPSA) is 78.5 Å². The van der Waals surface area contributed by atoms with Crippen LogP contribution in [0.4, 0.5) is 5.69 Å². The molecule has 0 spiro atoms. The minimum Gasteiger partial charge on any atom is -0.350 e. The van der Waals surface area contributed by atoms with Crippen molar-refractivity contribution in [3.63, 3.8) is 0 Å². The van der Waals surface area contributed by atoms with Crippen molar-refractivity contribution >= 4 is 35.0 Å². The number of anilines is 1. The van der Waals surface area contributed by atoms with Gasteiger partial charge in [-0.05, 0) is 42.7 Å². The van der Waals surface area contributed by atoms with E-state index in [9.17, 15) is 14.4 Å². The van der Waals surface area contributed by atoms with E-state index in [0.717, 1.165) is 36.1 Å². The van der Waals surface area contributed by atoms with Gasteiger partial charge in [-0.25, -0.2) is 0 Å². The van der Waals surface area contributed by atoms with E-state index in [2.05, 4.69) is 10.6 Å². The Morgan fingerprint density at radius 3 is 2.29 bits per heavy atom. The van der Waals surface area contributed by atoms with Crippen LogP contribution in [0.5, 0.6) is 0 Å². The maximum atomic E-state index is 12.8. The van der Waals surface area contributed by atoms with Gasteiger partial charge in [0.25, 0.3) is 17.7 Å². The number of amides is 3. The van der Waals surface area contributed by atoms with Gasteiger partial charge in [-0.1, -0.05) is 61.2 Å². The molecule has 31 heavy (non-hydrogen) atoms. The number of hydrogen-bond donors (Lipinski definition) is 2. The molecule has 0 bridgehead atoms. The molecule has 2 aromatic rings. The molecule has 0 aromatic heterocycles. The lowest BCUT2D eigenvalue weighted by molar-refractivity contribution is -0.138. The number of carbonyl (C=O) groups is 3. The largest absolute Gasteiger partial charge is 0.350 e. The van der Waals surface area contributed by atoms with Crippen molar-refractivity contribution in [2.45, 2.75) is 44.7 Å². The van der Waals surface area contributed by atoms with E-state index in [1.54, 1.807) is 24.3 Å². The van der Waals surface area contributed by atoms with Gasteiger partial charge in [-0.15, -0.1) is 0 Å². The van der Waals surface area contributed by atoms with E-state index in [1.807, 2.05) is 30.3 Å². The predicted molar refractivity (Wildman–Crippen MR) is 119 cm³/mol. The smallest absolute Gasteiger partial charge is 0.279 e. The molecule has 0 radical (unpaired) electrons. The van der Waals surface area contributed by atoms with Crippen molar-refractivity contribution in [1.82, 2.24) is 10.2 Å². The average molecular weight is 438 g/mol. The zero-order valence-corrected chi connectivity index (χ0v) is 17.8. The molecule has 7 heteroatoms. The standard InChI is InChI=1S/C24H24ClN3O3/c25-20-21(24(31)28(23(20)30)15-16-7-3-1-4-8-16)26-19-13-11-17(12-14-19)22(29)27-18-9-5-2-6-10-18/h1,3-4,7-8,11-14,18,26H,2,5-6,9-10,15H2,(H,27,29). The van der Waals surface area contributed by atoms with E-state index >= 15 is 0 Å². The van der Waals surface area contributed by atoms with Crippen LogP contribution in [0, 0.1) is 0 Å². The quantitative estimate of drug-likeness (QED) is 0.664. The molecule has 2 aliphatic rings. The number of imide groups is 1. The second-order valence-corrected chi connectivity index (χ2v) is 8.26. The Balaban J connectivity index is 1.40. The Bertz CT molecular complexity index is 1010. The Morgan fingerprint density at radius 2 is 1.61 bits per heavy atom. The molecule has 2 aromatic carbocycles. The molecule has 2 N–H and O–H groups in total. The normalized spacial score (nSPS) is 17.3. The van der Waals surface area contributed by atoms with Crippen LogP contribution < -0.4 is 10.6 Å². The van der Waals surface area contributed by atoms with Crippen LogP contribution in [-0.2, 0) is 16.1 Å². The maximum Gasteiger partial charge on any atom is 0.279 e. The Hall–Kier alpha value is -3.12. The number of nitrogens with one attached hydrogen (secondary N) is 2. The third kappa shape index (κ3) is 4.80. The fourth-order valence-corrected chi connectivity index (χ4v) is 4.16. The van der Waals surface area contributed by atoms with Crippen LogP contribution in [0.3, 0.4) is 0 Å². The minimum absolute atomic E-state index is 0.0435. The minimum atomic E-state index is -0.526. The molecule has 1 fully saturated rings. The summed E-state index contributed by atoms with van der Waals surface area (Å²) in [6.45, 7) is 0.153. The summed E-state index contributed by atoms with van der Waals surface area (Å²) in [4.78, 5) is 38.8. The second kappa shape index (κ2) is 9.35. The molecule has 6 nitrogen and oxygen atoms in total. The number of benzene rings is 2. The first-order valence-corrected chi connectivity index (χ1v) is 10.9. The first kappa shape index (κ1) is 21.1. The molecule has 0 atom stereocenters. The van der Waals surface area contributed by atoms with Crippen molar-refractivity contribution in [3.8, 4) is 0 Å². The van der Waals surface area contributed by atoms with Crippen LogP contribution in [0.25, 0.3) is 0 Å². The molecule has 160 valence electrons. The summed E-state index contributed by atoms with van der Waals surface area (Å²) >= 11 is 6.17. The maximum absolute atomic E-state index is 12.8. The molecule has 1 aliphatic carbocycles. The summed E-state index contributed by atoms with van der Waals surface area (Å²) in [6.07, 6.45) is 5.58.